The van der Waals surface area contributed by atoms with Crippen molar-refractivity contribution in [3.8, 4) is 11.5 Å². The molecule has 4 heteroatoms. The summed E-state index contributed by atoms with van der Waals surface area (Å²) in [5.74, 6) is 1.33. The molecule has 1 aromatic rings. The van der Waals surface area contributed by atoms with E-state index in [1.807, 2.05) is 19.1 Å². The van der Waals surface area contributed by atoms with Crippen molar-refractivity contribution in [3.63, 3.8) is 0 Å². The van der Waals surface area contributed by atoms with E-state index in [0.717, 1.165) is 18.4 Å². The molecular weight excluding hydrogens is 286 g/mol. The number of ether oxygens (including phenoxy) is 2. The number of hydrogen-bond donors (Lipinski definition) is 1. The molecule has 0 fully saturated rings. The van der Waals surface area contributed by atoms with Crippen LogP contribution >= 0.6 is 11.6 Å². The molecule has 1 rings (SSSR count). The van der Waals surface area contributed by atoms with Gasteiger partial charge in [0.25, 0.3) is 0 Å². The molecule has 0 saturated carbocycles. The maximum atomic E-state index is 6.31. The molecule has 0 radical (unpaired) electrons. The molecule has 0 saturated heterocycles. The topological polar surface area (TPSA) is 44.5 Å². The van der Waals surface area contributed by atoms with Crippen LogP contribution in [0, 0.1) is 0 Å². The lowest BCUT2D eigenvalue weighted by Gasteiger charge is -2.15. The summed E-state index contributed by atoms with van der Waals surface area (Å²) >= 11 is 6.31. The highest BCUT2D eigenvalue weighted by Gasteiger charge is 2.12. The summed E-state index contributed by atoms with van der Waals surface area (Å²) in [6.45, 7) is 4.86. The van der Waals surface area contributed by atoms with Crippen LogP contribution in [0.3, 0.4) is 0 Å². The first-order chi connectivity index (χ1) is 10.1. The Morgan fingerprint density at radius 3 is 2.52 bits per heavy atom. The van der Waals surface area contributed by atoms with E-state index in [2.05, 4.69) is 6.92 Å². The van der Waals surface area contributed by atoms with Crippen LogP contribution in [0.2, 0.25) is 5.02 Å². The number of hydrogen-bond acceptors (Lipinski definition) is 3. The lowest BCUT2D eigenvalue weighted by Crippen LogP contribution is -2.17. The van der Waals surface area contributed by atoms with Crippen LogP contribution in [-0.4, -0.2) is 19.8 Å². The van der Waals surface area contributed by atoms with Crippen LogP contribution in [0.15, 0.2) is 12.1 Å². The largest absolute Gasteiger partial charge is 0.493 e. The quantitative estimate of drug-likeness (QED) is 0.643. The van der Waals surface area contributed by atoms with Gasteiger partial charge in [0.2, 0.25) is 0 Å². The first kappa shape index (κ1) is 18.1. The van der Waals surface area contributed by atoms with E-state index in [-0.39, 0.29) is 6.04 Å². The Morgan fingerprint density at radius 1 is 1.19 bits per heavy atom. The Labute approximate surface area is 133 Å². The lowest BCUT2D eigenvalue weighted by molar-refractivity contribution is 0.285. The molecular formula is C17H28ClNO2. The van der Waals surface area contributed by atoms with Crippen LogP contribution in [0.5, 0.6) is 11.5 Å². The molecule has 21 heavy (non-hydrogen) atoms. The van der Waals surface area contributed by atoms with Gasteiger partial charge < -0.3 is 15.2 Å². The molecule has 1 atom stereocenters. The third-order valence-corrected chi connectivity index (χ3v) is 3.62. The standard InChI is InChI=1S/C17H28ClNO2/c1-4-5-6-7-8-9-21-17-15(18)11-14(10-13(2)19)12-16(17)20-3/h11-13H,4-10,19H2,1-3H3. The van der Waals surface area contributed by atoms with Gasteiger partial charge >= 0.3 is 0 Å². The Bertz CT molecular complexity index is 421. The van der Waals surface area contributed by atoms with Gasteiger partial charge in [0.05, 0.1) is 18.7 Å². The molecule has 0 aliphatic heterocycles. The summed E-state index contributed by atoms with van der Waals surface area (Å²) in [4.78, 5) is 0. The summed E-state index contributed by atoms with van der Waals surface area (Å²) in [7, 11) is 1.63. The van der Waals surface area contributed by atoms with E-state index in [9.17, 15) is 0 Å². The molecule has 0 aliphatic carbocycles. The van der Waals surface area contributed by atoms with Gasteiger partial charge in [-0.25, -0.2) is 0 Å². The second-order valence-electron chi connectivity index (χ2n) is 5.55. The number of unbranched alkanes of at least 4 members (excludes halogenated alkanes) is 4. The number of rotatable bonds is 10. The Morgan fingerprint density at radius 2 is 1.90 bits per heavy atom. The molecule has 0 aromatic heterocycles. The Balaban J connectivity index is 2.60. The minimum Gasteiger partial charge on any atom is -0.493 e. The SMILES string of the molecule is CCCCCCCOc1c(Cl)cc(CC(C)N)cc1OC. The third-order valence-electron chi connectivity index (χ3n) is 3.34. The molecule has 3 nitrogen and oxygen atoms in total. The van der Waals surface area contributed by atoms with Crippen LogP contribution in [0.1, 0.15) is 51.5 Å². The van der Waals surface area contributed by atoms with Crippen LogP contribution < -0.4 is 15.2 Å². The van der Waals surface area contributed by atoms with E-state index >= 15 is 0 Å². The Hall–Kier alpha value is -0.930. The summed E-state index contributed by atoms with van der Waals surface area (Å²) in [5, 5.41) is 0.596. The summed E-state index contributed by atoms with van der Waals surface area (Å²) in [5.41, 5.74) is 6.90. The average Bonchev–Trinajstić information content (AvgIpc) is 2.43. The third kappa shape index (κ3) is 6.58. The van der Waals surface area contributed by atoms with Gasteiger partial charge in [0, 0.05) is 6.04 Å². The van der Waals surface area contributed by atoms with Gasteiger partial charge in [-0.2, -0.15) is 0 Å². The molecule has 2 N–H and O–H groups in total. The van der Waals surface area contributed by atoms with Crippen molar-refractivity contribution in [2.24, 2.45) is 5.73 Å². The van der Waals surface area contributed by atoms with Crippen molar-refractivity contribution in [2.75, 3.05) is 13.7 Å². The lowest BCUT2D eigenvalue weighted by atomic mass is 10.1. The van der Waals surface area contributed by atoms with Crippen molar-refractivity contribution in [1.29, 1.82) is 0 Å². The van der Waals surface area contributed by atoms with Crippen LogP contribution in [0.25, 0.3) is 0 Å². The first-order valence-corrected chi connectivity index (χ1v) is 8.21. The van der Waals surface area contributed by atoms with Gasteiger partial charge in [-0.1, -0.05) is 44.2 Å². The molecule has 0 amide bonds. The minimum atomic E-state index is 0.0936. The van der Waals surface area contributed by atoms with E-state index in [4.69, 9.17) is 26.8 Å². The zero-order valence-electron chi connectivity index (χ0n) is 13.5. The molecule has 0 bridgehead atoms. The zero-order chi connectivity index (χ0) is 15.7. The molecule has 1 aromatic carbocycles. The highest BCUT2D eigenvalue weighted by atomic mass is 35.5. The first-order valence-electron chi connectivity index (χ1n) is 7.83. The monoisotopic (exact) mass is 313 g/mol. The van der Waals surface area contributed by atoms with Gasteiger partial charge in [-0.05, 0) is 37.5 Å². The molecule has 0 aliphatic rings. The highest BCUT2D eigenvalue weighted by Crippen LogP contribution is 2.36. The molecule has 0 heterocycles. The fourth-order valence-electron chi connectivity index (χ4n) is 2.28. The number of nitrogens with two attached hydrogens (primary N) is 1. The summed E-state index contributed by atoms with van der Waals surface area (Å²) < 4.78 is 11.2. The fraction of sp³-hybridized carbons (Fsp3) is 0.647. The average molecular weight is 314 g/mol. The number of methoxy groups -OCH3 is 1. The van der Waals surface area contributed by atoms with Crippen molar-refractivity contribution in [1.82, 2.24) is 0 Å². The van der Waals surface area contributed by atoms with E-state index in [0.29, 0.717) is 23.1 Å². The second kappa shape index (κ2) is 9.91. The normalized spacial score (nSPS) is 12.2. The predicted molar refractivity (Wildman–Crippen MR) is 89.6 cm³/mol. The predicted octanol–water partition coefficient (Wildman–Crippen LogP) is 4.59. The minimum absolute atomic E-state index is 0.0936. The van der Waals surface area contributed by atoms with E-state index in [1.54, 1.807) is 7.11 Å². The van der Waals surface area contributed by atoms with Gasteiger partial charge in [0.15, 0.2) is 11.5 Å². The molecule has 1 unspecified atom stereocenters. The number of halogens is 1. The van der Waals surface area contributed by atoms with Gasteiger partial charge in [-0.15, -0.1) is 0 Å². The molecule has 0 spiro atoms. The molecule has 120 valence electrons. The van der Waals surface area contributed by atoms with Crippen molar-refractivity contribution in [2.45, 2.75) is 58.4 Å². The van der Waals surface area contributed by atoms with Crippen molar-refractivity contribution in [3.05, 3.63) is 22.7 Å². The van der Waals surface area contributed by atoms with Crippen LogP contribution in [-0.2, 0) is 6.42 Å². The van der Waals surface area contributed by atoms with E-state index in [1.165, 1.54) is 25.7 Å². The zero-order valence-corrected chi connectivity index (χ0v) is 14.2. The summed E-state index contributed by atoms with van der Waals surface area (Å²) in [6, 6.07) is 3.97. The van der Waals surface area contributed by atoms with Crippen LogP contribution in [0.4, 0.5) is 0 Å². The fourth-order valence-corrected chi connectivity index (χ4v) is 2.57. The second-order valence-corrected chi connectivity index (χ2v) is 5.96. The Kier molecular flexibility index (Phi) is 8.55. The summed E-state index contributed by atoms with van der Waals surface area (Å²) in [6.07, 6.45) is 6.81. The highest BCUT2D eigenvalue weighted by molar-refractivity contribution is 6.32. The van der Waals surface area contributed by atoms with Gasteiger partial charge in [0.1, 0.15) is 0 Å². The van der Waals surface area contributed by atoms with Crippen molar-refractivity contribution < 1.29 is 9.47 Å². The smallest absolute Gasteiger partial charge is 0.179 e. The van der Waals surface area contributed by atoms with Crippen molar-refractivity contribution >= 4 is 11.6 Å². The maximum Gasteiger partial charge on any atom is 0.179 e. The van der Waals surface area contributed by atoms with Gasteiger partial charge in [-0.3, -0.25) is 0 Å². The number of benzene rings is 1. The maximum absolute atomic E-state index is 6.31. The van der Waals surface area contributed by atoms with E-state index < -0.39 is 0 Å².